The summed E-state index contributed by atoms with van der Waals surface area (Å²) in [7, 11) is -2.10. The topological polar surface area (TPSA) is 93.7 Å². The second-order valence-corrected chi connectivity index (χ2v) is 9.29. The van der Waals surface area contributed by atoms with E-state index in [0.29, 0.717) is 5.75 Å². The van der Waals surface area contributed by atoms with E-state index in [4.69, 9.17) is 9.47 Å². The summed E-state index contributed by atoms with van der Waals surface area (Å²) < 4.78 is 38.6. The van der Waals surface area contributed by atoms with Gasteiger partial charge in [0.15, 0.2) is 6.61 Å². The van der Waals surface area contributed by atoms with Crippen molar-refractivity contribution >= 4 is 15.9 Å². The second kappa shape index (κ2) is 11.0. The first-order chi connectivity index (χ1) is 15.8. The first-order valence-corrected chi connectivity index (χ1v) is 12.0. The highest BCUT2D eigenvalue weighted by atomic mass is 32.2. The highest BCUT2D eigenvalue weighted by Gasteiger charge is 2.18. The lowest BCUT2D eigenvalue weighted by molar-refractivity contribution is -0.123. The molecule has 8 heteroatoms. The molecule has 0 saturated carbocycles. The van der Waals surface area contributed by atoms with Crippen molar-refractivity contribution in [3.05, 3.63) is 90.0 Å². The lowest BCUT2D eigenvalue weighted by Gasteiger charge is -2.16. The van der Waals surface area contributed by atoms with Crippen molar-refractivity contribution in [1.82, 2.24) is 10.0 Å². The van der Waals surface area contributed by atoms with Crippen molar-refractivity contribution in [2.45, 2.75) is 30.8 Å². The summed E-state index contributed by atoms with van der Waals surface area (Å²) in [6, 6.07) is 22.2. The zero-order valence-corrected chi connectivity index (χ0v) is 19.6. The molecule has 0 unspecified atom stereocenters. The fraction of sp³-hybridized carbons (Fsp3) is 0.240. The van der Waals surface area contributed by atoms with Crippen LogP contribution < -0.4 is 19.5 Å². The molecule has 174 valence electrons. The molecule has 0 bridgehead atoms. The predicted molar refractivity (Wildman–Crippen MR) is 127 cm³/mol. The Hall–Kier alpha value is -3.36. The molecule has 0 aliphatic heterocycles. The third-order valence-corrected chi connectivity index (χ3v) is 6.69. The first kappa shape index (κ1) is 24.3. The Morgan fingerprint density at radius 2 is 1.39 bits per heavy atom. The molecule has 0 aromatic heterocycles. The Labute approximate surface area is 194 Å². The van der Waals surface area contributed by atoms with Crippen molar-refractivity contribution in [2.75, 3.05) is 13.7 Å². The summed E-state index contributed by atoms with van der Waals surface area (Å²) in [5.41, 5.74) is 1.81. The number of rotatable bonds is 10. The van der Waals surface area contributed by atoms with Gasteiger partial charge in [-0.25, -0.2) is 13.1 Å². The van der Waals surface area contributed by atoms with E-state index in [2.05, 4.69) is 10.0 Å². The number of hydrogen-bond acceptors (Lipinski definition) is 5. The molecule has 0 saturated heterocycles. The van der Waals surface area contributed by atoms with Gasteiger partial charge in [-0.2, -0.15) is 0 Å². The lowest BCUT2D eigenvalue weighted by Crippen LogP contribution is -2.31. The minimum Gasteiger partial charge on any atom is -0.497 e. The number of amides is 1. The Morgan fingerprint density at radius 3 is 2.00 bits per heavy atom. The molecule has 2 N–H and O–H groups in total. The van der Waals surface area contributed by atoms with Crippen molar-refractivity contribution in [1.29, 1.82) is 0 Å². The summed E-state index contributed by atoms with van der Waals surface area (Å²) in [5, 5.41) is 2.87. The average molecular weight is 469 g/mol. The third kappa shape index (κ3) is 6.81. The van der Waals surface area contributed by atoms with E-state index in [0.717, 1.165) is 16.9 Å². The number of hydrogen-bond donors (Lipinski definition) is 2. The van der Waals surface area contributed by atoms with Gasteiger partial charge in [0.25, 0.3) is 5.91 Å². The molecule has 1 amide bonds. The van der Waals surface area contributed by atoms with Gasteiger partial charge in [-0.3, -0.25) is 4.79 Å². The zero-order chi connectivity index (χ0) is 23.8. The fourth-order valence-electron chi connectivity index (χ4n) is 3.23. The van der Waals surface area contributed by atoms with Gasteiger partial charge in [-0.1, -0.05) is 42.5 Å². The van der Waals surface area contributed by atoms with Crippen LogP contribution in [-0.2, 0) is 14.8 Å². The van der Waals surface area contributed by atoms with E-state index in [9.17, 15) is 13.2 Å². The van der Waals surface area contributed by atoms with E-state index in [1.54, 1.807) is 14.0 Å². The molecule has 7 nitrogen and oxygen atoms in total. The van der Waals surface area contributed by atoms with E-state index < -0.39 is 10.0 Å². The number of sulfonamides is 1. The number of carbonyl (C=O) groups excluding carboxylic acids is 1. The number of carbonyl (C=O) groups is 1. The van der Waals surface area contributed by atoms with Crippen molar-refractivity contribution in [3.8, 4) is 11.5 Å². The molecule has 0 radical (unpaired) electrons. The van der Waals surface area contributed by atoms with E-state index >= 15 is 0 Å². The van der Waals surface area contributed by atoms with Crippen LogP contribution in [0.25, 0.3) is 0 Å². The van der Waals surface area contributed by atoms with E-state index in [1.165, 1.54) is 24.3 Å². The molecule has 3 aromatic rings. The Kier molecular flexibility index (Phi) is 8.08. The summed E-state index contributed by atoms with van der Waals surface area (Å²) >= 11 is 0. The zero-order valence-electron chi connectivity index (χ0n) is 18.8. The van der Waals surface area contributed by atoms with Gasteiger partial charge in [0, 0.05) is 6.04 Å². The van der Waals surface area contributed by atoms with Crippen LogP contribution in [0.3, 0.4) is 0 Å². The van der Waals surface area contributed by atoms with Gasteiger partial charge >= 0.3 is 0 Å². The van der Waals surface area contributed by atoms with Crippen molar-refractivity contribution < 1.29 is 22.7 Å². The van der Waals surface area contributed by atoms with Gasteiger partial charge < -0.3 is 14.8 Å². The molecule has 3 rings (SSSR count). The van der Waals surface area contributed by atoms with Crippen LogP contribution in [0.15, 0.2) is 83.8 Å². The SMILES string of the molecule is COc1ccc([C@@H](C)NC(=O)COc2ccc(S(=O)(=O)N[C@H](C)c3ccccc3)cc2)cc1. The minimum atomic E-state index is -3.70. The first-order valence-electron chi connectivity index (χ1n) is 10.5. The largest absolute Gasteiger partial charge is 0.497 e. The highest BCUT2D eigenvalue weighted by molar-refractivity contribution is 7.89. The summed E-state index contributed by atoms with van der Waals surface area (Å²) in [5.74, 6) is 0.862. The molecule has 0 spiro atoms. The smallest absolute Gasteiger partial charge is 0.258 e. The predicted octanol–water partition coefficient (Wildman–Crippen LogP) is 3.99. The molecular weight excluding hydrogens is 440 g/mol. The molecule has 0 fully saturated rings. The highest BCUT2D eigenvalue weighted by Crippen LogP contribution is 2.20. The van der Waals surface area contributed by atoms with Crippen molar-refractivity contribution in [2.24, 2.45) is 0 Å². The van der Waals surface area contributed by atoms with E-state index in [-0.39, 0.29) is 29.5 Å². The third-order valence-electron chi connectivity index (χ3n) is 5.13. The summed E-state index contributed by atoms with van der Waals surface area (Å²) in [4.78, 5) is 12.4. The number of ether oxygens (including phenoxy) is 2. The van der Waals surface area contributed by atoms with Crippen LogP contribution in [0.2, 0.25) is 0 Å². The number of benzene rings is 3. The van der Waals surface area contributed by atoms with Crippen LogP contribution in [0.1, 0.15) is 37.1 Å². The monoisotopic (exact) mass is 468 g/mol. The Bertz CT molecular complexity index is 1150. The fourth-order valence-corrected chi connectivity index (χ4v) is 4.47. The molecule has 33 heavy (non-hydrogen) atoms. The molecular formula is C25H28N2O5S. The lowest BCUT2D eigenvalue weighted by atomic mass is 10.1. The molecule has 2 atom stereocenters. The maximum absolute atomic E-state index is 12.7. The standard InChI is InChI=1S/C25H28N2O5S/c1-18(21-9-11-22(31-3)12-10-21)26-25(28)17-32-23-13-15-24(16-14-23)33(29,30)27-19(2)20-7-5-4-6-8-20/h4-16,18-19,27H,17H2,1-3H3,(H,26,28)/t18-,19-/m1/s1. The number of methoxy groups -OCH3 is 1. The number of nitrogens with one attached hydrogen (secondary N) is 2. The maximum Gasteiger partial charge on any atom is 0.258 e. The van der Waals surface area contributed by atoms with Crippen LogP contribution in [-0.4, -0.2) is 28.0 Å². The molecule has 3 aromatic carbocycles. The van der Waals surface area contributed by atoms with Crippen LogP contribution in [0.5, 0.6) is 11.5 Å². The van der Waals surface area contributed by atoms with Crippen LogP contribution in [0, 0.1) is 0 Å². The normalized spacial score (nSPS) is 13.1. The van der Waals surface area contributed by atoms with Crippen LogP contribution in [0.4, 0.5) is 0 Å². The molecule has 0 heterocycles. The van der Waals surface area contributed by atoms with Crippen molar-refractivity contribution in [3.63, 3.8) is 0 Å². The second-order valence-electron chi connectivity index (χ2n) is 7.58. The minimum absolute atomic E-state index is 0.121. The Morgan fingerprint density at radius 1 is 0.818 bits per heavy atom. The molecule has 0 aliphatic rings. The van der Waals surface area contributed by atoms with E-state index in [1.807, 2.05) is 61.5 Å². The van der Waals surface area contributed by atoms with Gasteiger partial charge in [0.1, 0.15) is 11.5 Å². The average Bonchev–Trinajstić information content (AvgIpc) is 2.83. The quantitative estimate of drug-likeness (QED) is 0.469. The van der Waals surface area contributed by atoms with Gasteiger partial charge in [0.2, 0.25) is 10.0 Å². The summed E-state index contributed by atoms with van der Waals surface area (Å²) in [6.07, 6.45) is 0. The molecule has 0 aliphatic carbocycles. The van der Waals surface area contributed by atoms with Gasteiger partial charge in [0.05, 0.1) is 18.0 Å². The van der Waals surface area contributed by atoms with Crippen LogP contribution >= 0.6 is 0 Å². The maximum atomic E-state index is 12.7. The summed E-state index contributed by atoms with van der Waals surface area (Å²) in [6.45, 7) is 3.48. The Balaban J connectivity index is 1.52. The van der Waals surface area contributed by atoms with Gasteiger partial charge in [-0.05, 0) is 61.4 Å². The van der Waals surface area contributed by atoms with Gasteiger partial charge in [-0.15, -0.1) is 0 Å².